The SMILES string of the molecule is CC/C=C\N/C(=C(/C)CC)C(C)N1CCN(CC(F)(F)F)CC1. The summed E-state index contributed by atoms with van der Waals surface area (Å²) in [4.78, 5) is 3.75. The number of hydrogen-bond donors (Lipinski definition) is 1. The molecule has 3 nitrogen and oxygen atoms in total. The molecule has 1 fully saturated rings. The molecule has 1 aliphatic rings. The van der Waals surface area contributed by atoms with Crippen molar-refractivity contribution in [3.05, 3.63) is 23.5 Å². The molecule has 0 aromatic carbocycles. The third kappa shape index (κ3) is 6.96. The van der Waals surface area contributed by atoms with Gasteiger partial charge in [-0.3, -0.25) is 9.80 Å². The molecule has 0 aromatic rings. The Bertz CT molecular complexity index is 408. The van der Waals surface area contributed by atoms with Crippen LogP contribution < -0.4 is 5.32 Å². The van der Waals surface area contributed by atoms with Crippen LogP contribution in [0.25, 0.3) is 0 Å². The van der Waals surface area contributed by atoms with Crippen LogP contribution in [0, 0.1) is 0 Å². The number of hydrogen-bond acceptors (Lipinski definition) is 3. The van der Waals surface area contributed by atoms with Crippen molar-refractivity contribution in [1.29, 1.82) is 0 Å². The number of nitrogens with zero attached hydrogens (tertiary/aromatic N) is 2. The van der Waals surface area contributed by atoms with E-state index in [1.807, 2.05) is 6.20 Å². The minimum absolute atomic E-state index is 0.185. The van der Waals surface area contributed by atoms with Crippen LogP contribution in [0.15, 0.2) is 23.5 Å². The number of rotatable bonds is 7. The van der Waals surface area contributed by atoms with Crippen molar-refractivity contribution in [3.63, 3.8) is 0 Å². The first-order chi connectivity index (χ1) is 10.8. The van der Waals surface area contributed by atoms with Gasteiger partial charge >= 0.3 is 6.18 Å². The summed E-state index contributed by atoms with van der Waals surface area (Å²) in [7, 11) is 0. The maximum atomic E-state index is 12.5. The number of alkyl halides is 3. The number of allylic oxidation sites excluding steroid dienone is 2. The zero-order valence-corrected chi connectivity index (χ0v) is 14.7. The highest BCUT2D eigenvalue weighted by Gasteiger charge is 2.33. The molecular formula is C17H30F3N3. The molecule has 0 saturated carbocycles. The van der Waals surface area contributed by atoms with Crippen molar-refractivity contribution in [2.45, 2.75) is 52.8 Å². The molecule has 0 aliphatic carbocycles. The van der Waals surface area contributed by atoms with E-state index in [2.05, 4.69) is 44.0 Å². The van der Waals surface area contributed by atoms with Gasteiger partial charge in [0.2, 0.25) is 0 Å². The predicted molar refractivity (Wildman–Crippen MR) is 89.1 cm³/mol. The summed E-state index contributed by atoms with van der Waals surface area (Å²) in [5.41, 5.74) is 2.46. The Kier molecular flexibility index (Phi) is 8.12. The Hall–Kier alpha value is -1.01. The van der Waals surface area contributed by atoms with Gasteiger partial charge in [-0.25, -0.2) is 0 Å². The molecule has 1 N–H and O–H groups in total. The first-order valence-corrected chi connectivity index (χ1v) is 8.42. The highest BCUT2D eigenvalue weighted by molar-refractivity contribution is 5.18. The van der Waals surface area contributed by atoms with Crippen LogP contribution in [0.1, 0.15) is 40.5 Å². The molecule has 0 bridgehead atoms. The maximum absolute atomic E-state index is 12.5. The maximum Gasteiger partial charge on any atom is 0.401 e. The highest BCUT2D eigenvalue weighted by atomic mass is 19.4. The van der Waals surface area contributed by atoms with E-state index in [9.17, 15) is 13.2 Å². The monoisotopic (exact) mass is 333 g/mol. The molecule has 1 atom stereocenters. The van der Waals surface area contributed by atoms with Crippen LogP contribution in [0.5, 0.6) is 0 Å². The van der Waals surface area contributed by atoms with Gasteiger partial charge in [0.25, 0.3) is 0 Å². The largest absolute Gasteiger partial charge is 0.401 e. The molecule has 1 aliphatic heterocycles. The standard InChI is InChI=1S/C17H30F3N3/c1-5-7-8-21-16(14(3)6-2)15(4)23-11-9-22(10-12-23)13-17(18,19)20/h7-8,15,21H,5-6,9-13H2,1-4H3/b8-7-,16-14-. The lowest BCUT2D eigenvalue weighted by molar-refractivity contribution is -0.149. The summed E-state index contributed by atoms with van der Waals surface area (Å²) in [6.45, 7) is 9.89. The summed E-state index contributed by atoms with van der Waals surface area (Å²) in [6.07, 6.45) is 1.85. The van der Waals surface area contributed by atoms with Crippen LogP contribution in [0.3, 0.4) is 0 Å². The van der Waals surface area contributed by atoms with Crippen molar-refractivity contribution in [2.24, 2.45) is 0 Å². The van der Waals surface area contributed by atoms with Gasteiger partial charge in [0, 0.05) is 37.9 Å². The molecule has 0 spiro atoms. The molecule has 23 heavy (non-hydrogen) atoms. The summed E-state index contributed by atoms with van der Waals surface area (Å²) < 4.78 is 37.4. The van der Waals surface area contributed by atoms with Gasteiger partial charge in [-0.2, -0.15) is 13.2 Å². The van der Waals surface area contributed by atoms with Gasteiger partial charge < -0.3 is 5.32 Å². The van der Waals surface area contributed by atoms with E-state index in [4.69, 9.17) is 0 Å². The van der Waals surface area contributed by atoms with E-state index in [-0.39, 0.29) is 6.04 Å². The van der Waals surface area contributed by atoms with Crippen molar-refractivity contribution in [1.82, 2.24) is 15.1 Å². The van der Waals surface area contributed by atoms with Crippen molar-refractivity contribution < 1.29 is 13.2 Å². The van der Waals surface area contributed by atoms with Gasteiger partial charge in [0.05, 0.1) is 6.54 Å². The first kappa shape index (κ1) is 20.0. The average molecular weight is 333 g/mol. The summed E-state index contributed by atoms with van der Waals surface area (Å²) in [5, 5.41) is 3.38. The molecular weight excluding hydrogens is 303 g/mol. The Labute approximate surface area is 138 Å². The van der Waals surface area contributed by atoms with E-state index >= 15 is 0 Å². The smallest absolute Gasteiger partial charge is 0.364 e. The van der Waals surface area contributed by atoms with Gasteiger partial charge in [-0.15, -0.1) is 0 Å². The van der Waals surface area contributed by atoms with Gasteiger partial charge in [-0.05, 0) is 32.9 Å². The summed E-state index contributed by atoms with van der Waals surface area (Å²) >= 11 is 0. The predicted octanol–water partition coefficient (Wildman–Crippen LogP) is 3.75. The summed E-state index contributed by atoms with van der Waals surface area (Å²) in [5.74, 6) is 0. The lowest BCUT2D eigenvalue weighted by Crippen LogP contribution is -2.52. The van der Waals surface area contributed by atoms with Crippen LogP contribution in [-0.2, 0) is 0 Å². The fourth-order valence-electron chi connectivity index (χ4n) is 2.80. The second kappa shape index (κ2) is 9.33. The topological polar surface area (TPSA) is 18.5 Å². The fourth-order valence-corrected chi connectivity index (χ4v) is 2.80. The first-order valence-electron chi connectivity index (χ1n) is 8.42. The highest BCUT2D eigenvalue weighted by Crippen LogP contribution is 2.20. The second-order valence-electron chi connectivity index (χ2n) is 6.11. The zero-order valence-electron chi connectivity index (χ0n) is 14.7. The van der Waals surface area contributed by atoms with Gasteiger partial charge in [0.15, 0.2) is 0 Å². The Morgan fingerprint density at radius 2 is 1.78 bits per heavy atom. The molecule has 6 heteroatoms. The van der Waals surface area contributed by atoms with E-state index in [0.717, 1.165) is 12.8 Å². The normalized spacial score (nSPS) is 20.7. The number of halogens is 3. The van der Waals surface area contributed by atoms with Crippen molar-refractivity contribution >= 4 is 0 Å². The van der Waals surface area contributed by atoms with Crippen LogP contribution in [0.2, 0.25) is 0 Å². The van der Waals surface area contributed by atoms with Gasteiger partial charge in [-0.1, -0.05) is 25.5 Å². The molecule has 0 radical (unpaired) electrons. The van der Waals surface area contributed by atoms with Gasteiger partial charge in [0.1, 0.15) is 0 Å². The van der Waals surface area contributed by atoms with E-state index in [1.54, 1.807) is 0 Å². The van der Waals surface area contributed by atoms with E-state index < -0.39 is 12.7 Å². The molecule has 134 valence electrons. The average Bonchev–Trinajstić information content (AvgIpc) is 2.49. The third-order valence-corrected chi connectivity index (χ3v) is 4.36. The third-order valence-electron chi connectivity index (χ3n) is 4.36. The van der Waals surface area contributed by atoms with Crippen LogP contribution in [0.4, 0.5) is 13.2 Å². The molecule has 0 aromatic heterocycles. The second-order valence-corrected chi connectivity index (χ2v) is 6.11. The number of piperazine rings is 1. The minimum atomic E-state index is -4.11. The Morgan fingerprint density at radius 3 is 2.26 bits per heavy atom. The molecule has 1 saturated heterocycles. The molecule has 1 heterocycles. The Balaban J connectivity index is 2.65. The number of nitrogens with one attached hydrogen (secondary N) is 1. The minimum Gasteiger partial charge on any atom is -0.364 e. The van der Waals surface area contributed by atoms with E-state index in [1.165, 1.54) is 16.2 Å². The Morgan fingerprint density at radius 1 is 1.17 bits per heavy atom. The van der Waals surface area contributed by atoms with Crippen LogP contribution >= 0.6 is 0 Å². The lowest BCUT2D eigenvalue weighted by Gasteiger charge is -2.39. The van der Waals surface area contributed by atoms with Crippen LogP contribution in [-0.4, -0.2) is 54.7 Å². The quantitative estimate of drug-likeness (QED) is 0.765. The molecule has 1 rings (SSSR count). The summed E-state index contributed by atoms with van der Waals surface area (Å²) in [6, 6.07) is 0.185. The zero-order chi connectivity index (χ0) is 17.5. The van der Waals surface area contributed by atoms with Crippen molar-refractivity contribution in [2.75, 3.05) is 32.7 Å². The lowest BCUT2D eigenvalue weighted by atomic mass is 10.1. The molecule has 1 unspecified atom stereocenters. The fraction of sp³-hybridized carbons (Fsp3) is 0.765. The van der Waals surface area contributed by atoms with Crippen molar-refractivity contribution in [3.8, 4) is 0 Å². The molecule has 0 amide bonds. The van der Waals surface area contributed by atoms with E-state index in [0.29, 0.717) is 26.2 Å².